The van der Waals surface area contributed by atoms with E-state index < -0.39 is 0 Å². The molecule has 1 heterocycles. The highest BCUT2D eigenvalue weighted by Gasteiger charge is 2.04. The Bertz CT molecular complexity index is 484. The number of benzene rings is 1. The van der Waals surface area contributed by atoms with Crippen LogP contribution in [0.3, 0.4) is 0 Å². The summed E-state index contributed by atoms with van der Waals surface area (Å²) in [5, 5.41) is 6.42. The van der Waals surface area contributed by atoms with E-state index in [9.17, 15) is 0 Å². The first-order chi connectivity index (χ1) is 8.83. The first kappa shape index (κ1) is 16.0. The maximum Gasteiger partial charge on any atom is 0.119 e. The summed E-state index contributed by atoms with van der Waals surface area (Å²) in [5.74, 6) is 0.909. The lowest BCUT2D eigenvalue weighted by Crippen LogP contribution is -2.09. The van der Waals surface area contributed by atoms with Gasteiger partial charge in [-0.1, -0.05) is 0 Å². The molecule has 1 N–H and O–H groups in total. The molecule has 3 nitrogen and oxygen atoms in total. The van der Waals surface area contributed by atoms with Crippen LogP contribution in [0.1, 0.15) is 11.9 Å². The Morgan fingerprint density at radius 1 is 1.26 bits per heavy atom. The van der Waals surface area contributed by atoms with Gasteiger partial charge in [0.15, 0.2) is 0 Å². The molecule has 5 heteroatoms. The molecule has 0 amide bonds. The van der Waals surface area contributed by atoms with Crippen molar-refractivity contribution in [3.05, 3.63) is 34.7 Å². The first-order valence-corrected chi connectivity index (χ1v) is 7.03. The number of hydrogen-bond acceptors (Lipinski definition) is 4. The van der Waals surface area contributed by atoms with Crippen LogP contribution in [0.4, 0.5) is 0 Å². The summed E-state index contributed by atoms with van der Waals surface area (Å²) in [6, 6.07) is 8.10. The monoisotopic (exact) mass is 298 g/mol. The fourth-order valence-electron chi connectivity index (χ4n) is 1.68. The average Bonchev–Trinajstić information content (AvgIpc) is 2.86. The minimum absolute atomic E-state index is 0. The minimum atomic E-state index is 0. The zero-order chi connectivity index (χ0) is 12.8. The van der Waals surface area contributed by atoms with Gasteiger partial charge in [-0.05, 0) is 38.2 Å². The Kier molecular flexibility index (Phi) is 6.84. The van der Waals surface area contributed by atoms with Crippen LogP contribution in [-0.4, -0.2) is 25.2 Å². The van der Waals surface area contributed by atoms with Gasteiger partial charge in [-0.25, -0.2) is 4.98 Å². The van der Waals surface area contributed by atoms with E-state index in [1.807, 2.05) is 26.1 Å². The lowest BCUT2D eigenvalue weighted by molar-refractivity contribution is 0.340. The molecule has 19 heavy (non-hydrogen) atoms. The Morgan fingerprint density at radius 3 is 2.63 bits per heavy atom. The van der Waals surface area contributed by atoms with Crippen molar-refractivity contribution in [2.75, 3.05) is 20.2 Å². The fourth-order valence-corrected chi connectivity index (χ4v) is 2.49. The maximum absolute atomic E-state index is 5.43. The number of likely N-dealkylation sites (N-methyl/N-ethyl adjacent to an activating group) is 1. The van der Waals surface area contributed by atoms with Crippen molar-refractivity contribution in [1.29, 1.82) is 0 Å². The number of ether oxygens (including phenoxy) is 1. The normalized spacial score (nSPS) is 10.0. The third-order valence-electron chi connectivity index (χ3n) is 2.60. The van der Waals surface area contributed by atoms with E-state index in [0.29, 0.717) is 6.61 Å². The van der Waals surface area contributed by atoms with Gasteiger partial charge in [0, 0.05) is 23.9 Å². The van der Waals surface area contributed by atoms with E-state index in [0.717, 1.165) is 30.0 Å². The molecular formula is C14H19ClN2OS. The second kappa shape index (κ2) is 8.15. The van der Waals surface area contributed by atoms with Crippen molar-refractivity contribution in [3.63, 3.8) is 0 Å². The van der Waals surface area contributed by atoms with E-state index in [-0.39, 0.29) is 12.4 Å². The van der Waals surface area contributed by atoms with Gasteiger partial charge >= 0.3 is 0 Å². The largest absolute Gasteiger partial charge is 0.494 e. The predicted octanol–water partition coefficient (Wildman–Crippen LogP) is 3.39. The summed E-state index contributed by atoms with van der Waals surface area (Å²) < 4.78 is 5.43. The molecule has 2 rings (SSSR count). The Hall–Kier alpha value is -1.10. The highest BCUT2D eigenvalue weighted by Crippen LogP contribution is 2.24. The zero-order valence-corrected chi connectivity index (χ0v) is 12.8. The summed E-state index contributed by atoms with van der Waals surface area (Å²) >= 11 is 1.72. The van der Waals surface area contributed by atoms with Crippen LogP contribution in [-0.2, 0) is 6.42 Å². The van der Waals surface area contributed by atoms with Crippen LogP contribution in [0.25, 0.3) is 11.3 Å². The number of rotatable bonds is 6. The Morgan fingerprint density at radius 2 is 2.00 bits per heavy atom. The quantitative estimate of drug-likeness (QED) is 0.887. The zero-order valence-electron chi connectivity index (χ0n) is 11.2. The molecule has 0 radical (unpaired) electrons. The van der Waals surface area contributed by atoms with E-state index in [4.69, 9.17) is 4.74 Å². The Labute approximate surface area is 124 Å². The molecule has 0 aliphatic rings. The van der Waals surface area contributed by atoms with Crippen LogP contribution in [0.5, 0.6) is 5.75 Å². The maximum atomic E-state index is 5.43. The molecule has 0 atom stereocenters. The molecule has 1 aromatic heterocycles. The topological polar surface area (TPSA) is 34.1 Å². The van der Waals surface area contributed by atoms with Crippen molar-refractivity contribution in [3.8, 4) is 17.0 Å². The van der Waals surface area contributed by atoms with Gasteiger partial charge in [-0.2, -0.15) is 0 Å². The molecule has 0 aliphatic carbocycles. The smallest absolute Gasteiger partial charge is 0.119 e. The van der Waals surface area contributed by atoms with E-state index in [1.54, 1.807) is 11.3 Å². The molecule has 0 saturated carbocycles. The number of aromatic nitrogens is 1. The van der Waals surface area contributed by atoms with Crippen LogP contribution < -0.4 is 10.1 Å². The predicted molar refractivity (Wildman–Crippen MR) is 83.6 cm³/mol. The molecule has 0 aliphatic heterocycles. The number of nitrogens with one attached hydrogen (secondary N) is 1. The number of hydrogen-bond donors (Lipinski definition) is 1. The Balaban J connectivity index is 0.00000180. The molecule has 0 saturated heterocycles. The molecule has 0 fully saturated rings. The highest BCUT2D eigenvalue weighted by atomic mass is 35.5. The summed E-state index contributed by atoms with van der Waals surface area (Å²) in [4.78, 5) is 4.63. The van der Waals surface area contributed by atoms with Gasteiger partial charge in [0.25, 0.3) is 0 Å². The van der Waals surface area contributed by atoms with Crippen LogP contribution in [0.2, 0.25) is 0 Å². The molecule has 0 bridgehead atoms. The van der Waals surface area contributed by atoms with Crippen molar-refractivity contribution in [2.24, 2.45) is 0 Å². The lowest BCUT2D eigenvalue weighted by atomic mass is 10.2. The van der Waals surface area contributed by atoms with E-state index in [2.05, 4.69) is 27.8 Å². The average molecular weight is 299 g/mol. The van der Waals surface area contributed by atoms with E-state index >= 15 is 0 Å². The van der Waals surface area contributed by atoms with Gasteiger partial charge < -0.3 is 10.1 Å². The summed E-state index contributed by atoms with van der Waals surface area (Å²) in [6.07, 6.45) is 0.984. The number of thiazole rings is 1. The number of nitrogens with zero attached hydrogens (tertiary/aromatic N) is 1. The van der Waals surface area contributed by atoms with Crippen LogP contribution in [0, 0.1) is 0 Å². The van der Waals surface area contributed by atoms with Gasteiger partial charge in [0.2, 0.25) is 0 Å². The SMILES string of the molecule is CCOc1ccc(-c2csc(CCNC)n2)cc1.Cl. The van der Waals surface area contributed by atoms with E-state index in [1.165, 1.54) is 5.01 Å². The summed E-state index contributed by atoms with van der Waals surface area (Å²) in [5.41, 5.74) is 2.19. The molecular weight excluding hydrogens is 280 g/mol. The second-order valence-electron chi connectivity index (χ2n) is 3.94. The van der Waals surface area contributed by atoms with Crippen LogP contribution >= 0.6 is 23.7 Å². The third kappa shape index (κ3) is 4.49. The minimum Gasteiger partial charge on any atom is -0.494 e. The lowest BCUT2D eigenvalue weighted by Gasteiger charge is -2.03. The summed E-state index contributed by atoms with van der Waals surface area (Å²) in [7, 11) is 1.96. The molecule has 0 unspecified atom stereocenters. The van der Waals surface area contributed by atoms with Gasteiger partial charge in [0.05, 0.1) is 17.3 Å². The molecule has 2 aromatic rings. The van der Waals surface area contributed by atoms with Gasteiger partial charge in [-0.15, -0.1) is 23.7 Å². The molecule has 0 spiro atoms. The molecule has 1 aromatic carbocycles. The summed E-state index contributed by atoms with van der Waals surface area (Å²) in [6.45, 7) is 3.66. The highest BCUT2D eigenvalue weighted by molar-refractivity contribution is 7.09. The first-order valence-electron chi connectivity index (χ1n) is 6.15. The van der Waals surface area contributed by atoms with Crippen molar-refractivity contribution >= 4 is 23.7 Å². The number of halogens is 1. The second-order valence-corrected chi connectivity index (χ2v) is 4.88. The third-order valence-corrected chi connectivity index (χ3v) is 3.51. The van der Waals surface area contributed by atoms with Crippen molar-refractivity contribution in [1.82, 2.24) is 10.3 Å². The standard InChI is InChI=1S/C14H18N2OS.ClH/c1-3-17-12-6-4-11(5-7-12)13-10-18-14(16-13)8-9-15-2;/h4-7,10,15H,3,8-9H2,1-2H3;1H. The van der Waals surface area contributed by atoms with Gasteiger partial charge in [-0.3, -0.25) is 0 Å². The van der Waals surface area contributed by atoms with Gasteiger partial charge in [0.1, 0.15) is 5.75 Å². The van der Waals surface area contributed by atoms with Crippen molar-refractivity contribution in [2.45, 2.75) is 13.3 Å². The fraction of sp³-hybridized carbons (Fsp3) is 0.357. The molecule has 104 valence electrons. The van der Waals surface area contributed by atoms with Crippen molar-refractivity contribution < 1.29 is 4.74 Å². The van der Waals surface area contributed by atoms with Crippen LogP contribution in [0.15, 0.2) is 29.6 Å².